The van der Waals surface area contributed by atoms with E-state index in [0.29, 0.717) is 17.0 Å². The van der Waals surface area contributed by atoms with Crippen LogP contribution in [0.1, 0.15) is 21.7 Å². The molecule has 6 nitrogen and oxygen atoms in total. The topological polar surface area (TPSA) is 72.7 Å². The van der Waals surface area contributed by atoms with Gasteiger partial charge in [0.2, 0.25) is 0 Å². The number of benzene rings is 3. The Morgan fingerprint density at radius 2 is 1.55 bits per heavy atom. The van der Waals surface area contributed by atoms with Gasteiger partial charge in [-0.1, -0.05) is 66.2 Å². The van der Waals surface area contributed by atoms with E-state index in [4.69, 9.17) is 0 Å². The number of carbonyl (C=O) groups excluding carboxylic acids is 1. The molecule has 142 valence electrons. The van der Waals surface area contributed by atoms with Gasteiger partial charge in [-0.25, -0.2) is 0 Å². The fourth-order valence-electron chi connectivity index (χ4n) is 2.88. The van der Waals surface area contributed by atoms with Crippen molar-refractivity contribution >= 4 is 17.0 Å². The standard InChI is InChI=1S/C23H19N5O/c1-17-12-14-19(15-13-17)24-16-21(22(29)18-8-4-2-5-9-18)23-25-26-27-28(23)20-10-6-3-7-11-20/h2-16,24H,1H3/b21-16+. The van der Waals surface area contributed by atoms with Gasteiger partial charge < -0.3 is 5.32 Å². The number of tetrazole rings is 1. The Balaban J connectivity index is 1.77. The van der Waals surface area contributed by atoms with Crippen molar-refractivity contribution in [1.29, 1.82) is 0 Å². The number of nitrogens with zero attached hydrogens (tertiary/aromatic N) is 4. The summed E-state index contributed by atoms with van der Waals surface area (Å²) in [5.74, 6) is 0.196. The lowest BCUT2D eigenvalue weighted by Crippen LogP contribution is -2.11. The normalized spacial score (nSPS) is 11.3. The first-order chi connectivity index (χ1) is 14.2. The summed E-state index contributed by atoms with van der Waals surface area (Å²) in [5.41, 5.74) is 3.73. The Kier molecular flexibility index (Phi) is 5.25. The molecule has 0 saturated carbocycles. The average Bonchev–Trinajstić information content (AvgIpc) is 3.26. The van der Waals surface area contributed by atoms with Crippen molar-refractivity contribution in [2.45, 2.75) is 6.92 Å². The minimum Gasteiger partial charge on any atom is -0.361 e. The summed E-state index contributed by atoms with van der Waals surface area (Å²) >= 11 is 0. The van der Waals surface area contributed by atoms with Crippen molar-refractivity contribution in [2.75, 3.05) is 5.32 Å². The van der Waals surface area contributed by atoms with Gasteiger partial charge in [0.25, 0.3) is 0 Å². The number of anilines is 1. The summed E-state index contributed by atoms with van der Waals surface area (Å²) in [6.07, 6.45) is 1.66. The number of hydrogen-bond acceptors (Lipinski definition) is 5. The number of allylic oxidation sites excluding steroid dienone is 1. The molecule has 1 heterocycles. The number of para-hydroxylation sites is 1. The van der Waals surface area contributed by atoms with Crippen LogP contribution in [-0.4, -0.2) is 26.0 Å². The zero-order valence-electron chi connectivity index (χ0n) is 15.9. The van der Waals surface area contributed by atoms with Crippen LogP contribution < -0.4 is 5.32 Å². The molecule has 0 bridgehead atoms. The Morgan fingerprint density at radius 3 is 2.24 bits per heavy atom. The summed E-state index contributed by atoms with van der Waals surface area (Å²) in [5, 5.41) is 15.2. The Labute approximate surface area is 168 Å². The fourth-order valence-corrected chi connectivity index (χ4v) is 2.88. The van der Waals surface area contributed by atoms with Crippen molar-refractivity contribution in [3.8, 4) is 5.69 Å². The molecule has 0 aliphatic rings. The lowest BCUT2D eigenvalue weighted by atomic mass is 10.0. The van der Waals surface area contributed by atoms with Gasteiger partial charge in [0.1, 0.15) is 0 Å². The van der Waals surface area contributed by atoms with E-state index in [1.165, 1.54) is 0 Å². The smallest absolute Gasteiger partial charge is 0.198 e. The van der Waals surface area contributed by atoms with E-state index in [1.54, 1.807) is 23.0 Å². The maximum atomic E-state index is 13.3. The molecule has 0 spiro atoms. The molecule has 6 heteroatoms. The molecule has 29 heavy (non-hydrogen) atoms. The first kappa shape index (κ1) is 18.3. The van der Waals surface area contributed by atoms with Gasteiger partial charge in [0, 0.05) is 17.5 Å². The van der Waals surface area contributed by atoms with Gasteiger partial charge in [-0.2, -0.15) is 4.68 Å². The SMILES string of the molecule is Cc1ccc(N/C=C(\C(=O)c2ccccc2)c2nnnn2-c2ccccc2)cc1. The van der Waals surface area contributed by atoms with E-state index >= 15 is 0 Å². The summed E-state index contributed by atoms with van der Waals surface area (Å²) in [6, 6.07) is 26.5. The maximum absolute atomic E-state index is 13.3. The first-order valence-corrected chi connectivity index (χ1v) is 9.20. The predicted octanol–water partition coefficient (Wildman–Crippen LogP) is 4.31. The van der Waals surface area contributed by atoms with Gasteiger partial charge in [0.15, 0.2) is 11.6 Å². The Morgan fingerprint density at radius 1 is 0.897 bits per heavy atom. The quantitative estimate of drug-likeness (QED) is 0.398. The highest BCUT2D eigenvalue weighted by Crippen LogP contribution is 2.21. The Hall–Kier alpha value is -4.06. The van der Waals surface area contributed by atoms with E-state index in [1.807, 2.05) is 79.7 Å². The monoisotopic (exact) mass is 381 g/mol. The third-order valence-corrected chi connectivity index (χ3v) is 4.43. The van der Waals surface area contributed by atoms with Crippen LogP contribution >= 0.6 is 0 Å². The lowest BCUT2D eigenvalue weighted by Gasteiger charge is -2.09. The maximum Gasteiger partial charge on any atom is 0.198 e. The highest BCUT2D eigenvalue weighted by molar-refractivity contribution is 6.28. The van der Waals surface area contributed by atoms with Gasteiger partial charge >= 0.3 is 0 Å². The highest BCUT2D eigenvalue weighted by atomic mass is 16.1. The van der Waals surface area contributed by atoms with E-state index in [9.17, 15) is 4.79 Å². The molecule has 1 N–H and O–H groups in total. The van der Waals surface area contributed by atoms with Crippen LogP contribution in [0.2, 0.25) is 0 Å². The van der Waals surface area contributed by atoms with E-state index in [0.717, 1.165) is 16.9 Å². The summed E-state index contributed by atoms with van der Waals surface area (Å²) < 4.78 is 1.56. The van der Waals surface area contributed by atoms with Gasteiger partial charge in [-0.15, -0.1) is 5.10 Å². The molecule has 3 aromatic carbocycles. The zero-order chi connectivity index (χ0) is 20.1. The molecule has 0 atom stereocenters. The van der Waals surface area contributed by atoms with Crippen molar-refractivity contribution in [1.82, 2.24) is 20.2 Å². The molecular weight excluding hydrogens is 362 g/mol. The Bertz CT molecular complexity index is 1130. The predicted molar refractivity (Wildman–Crippen MR) is 113 cm³/mol. The highest BCUT2D eigenvalue weighted by Gasteiger charge is 2.21. The van der Waals surface area contributed by atoms with Crippen molar-refractivity contribution in [3.05, 3.63) is 108 Å². The molecule has 0 aliphatic carbocycles. The van der Waals surface area contributed by atoms with Crippen LogP contribution in [0.4, 0.5) is 5.69 Å². The number of aromatic nitrogens is 4. The van der Waals surface area contributed by atoms with Crippen molar-refractivity contribution < 1.29 is 4.79 Å². The van der Waals surface area contributed by atoms with Crippen LogP contribution in [0.15, 0.2) is 91.1 Å². The lowest BCUT2D eigenvalue weighted by molar-refractivity contribution is 0.105. The minimum absolute atomic E-state index is 0.169. The van der Waals surface area contributed by atoms with Crippen LogP contribution in [0.3, 0.4) is 0 Å². The number of aryl methyl sites for hydroxylation is 1. The summed E-state index contributed by atoms with van der Waals surface area (Å²) in [6.45, 7) is 2.03. The van der Waals surface area contributed by atoms with Crippen LogP contribution in [-0.2, 0) is 0 Å². The summed E-state index contributed by atoms with van der Waals surface area (Å²) in [7, 11) is 0. The first-order valence-electron chi connectivity index (χ1n) is 9.20. The largest absolute Gasteiger partial charge is 0.361 e. The van der Waals surface area contributed by atoms with Crippen LogP contribution in [0.25, 0.3) is 11.3 Å². The second kappa shape index (κ2) is 8.31. The molecule has 0 radical (unpaired) electrons. The molecule has 1 aromatic heterocycles. The number of Topliss-reactive ketones (excluding diaryl/α,β-unsaturated/α-hetero) is 1. The second-order valence-electron chi connectivity index (χ2n) is 6.51. The van der Waals surface area contributed by atoms with Crippen LogP contribution in [0.5, 0.6) is 0 Å². The number of ketones is 1. The molecule has 0 aliphatic heterocycles. The minimum atomic E-state index is -0.169. The number of nitrogens with one attached hydrogen (secondary N) is 1. The molecule has 0 amide bonds. The fraction of sp³-hybridized carbons (Fsp3) is 0.0435. The number of hydrogen-bond donors (Lipinski definition) is 1. The number of rotatable bonds is 6. The van der Waals surface area contributed by atoms with Crippen LogP contribution in [0, 0.1) is 6.92 Å². The summed E-state index contributed by atoms with van der Waals surface area (Å²) in [4.78, 5) is 13.3. The van der Waals surface area contributed by atoms with E-state index in [2.05, 4.69) is 20.8 Å². The average molecular weight is 381 g/mol. The second-order valence-corrected chi connectivity index (χ2v) is 6.51. The zero-order valence-corrected chi connectivity index (χ0v) is 15.9. The third kappa shape index (κ3) is 4.11. The molecule has 0 fully saturated rings. The molecule has 0 unspecified atom stereocenters. The molecule has 0 saturated heterocycles. The van der Waals surface area contributed by atoms with Crippen molar-refractivity contribution in [3.63, 3.8) is 0 Å². The van der Waals surface area contributed by atoms with E-state index in [-0.39, 0.29) is 5.78 Å². The van der Waals surface area contributed by atoms with E-state index < -0.39 is 0 Å². The van der Waals surface area contributed by atoms with Crippen molar-refractivity contribution in [2.24, 2.45) is 0 Å². The van der Waals surface area contributed by atoms with Gasteiger partial charge in [-0.3, -0.25) is 4.79 Å². The third-order valence-electron chi connectivity index (χ3n) is 4.43. The molecule has 4 aromatic rings. The van der Waals surface area contributed by atoms with Gasteiger partial charge in [0.05, 0.1) is 11.3 Å². The molecule has 4 rings (SSSR count). The number of carbonyl (C=O) groups is 1. The molecular formula is C23H19N5O. The van der Waals surface area contributed by atoms with Gasteiger partial charge in [-0.05, 0) is 41.6 Å².